The van der Waals surface area contributed by atoms with Gasteiger partial charge in [-0.15, -0.1) is 12.4 Å². The van der Waals surface area contributed by atoms with Gasteiger partial charge in [0.2, 0.25) is 0 Å². The lowest BCUT2D eigenvalue weighted by molar-refractivity contribution is 0.302. The summed E-state index contributed by atoms with van der Waals surface area (Å²) < 4.78 is 11.6. The Hall–Kier alpha value is -2.46. The first kappa shape index (κ1) is 20.3. The highest BCUT2D eigenvalue weighted by Gasteiger charge is 2.09. The van der Waals surface area contributed by atoms with Crippen molar-refractivity contribution >= 4 is 34.8 Å². The van der Waals surface area contributed by atoms with Crippen molar-refractivity contribution in [1.29, 1.82) is 0 Å². The van der Waals surface area contributed by atoms with Crippen molar-refractivity contribution in [2.45, 2.75) is 19.7 Å². The zero-order chi connectivity index (χ0) is 18.5. The lowest BCUT2D eigenvalue weighted by Gasteiger charge is -2.15. The summed E-state index contributed by atoms with van der Waals surface area (Å²) in [4.78, 5) is 0. The van der Waals surface area contributed by atoms with Gasteiger partial charge < -0.3 is 14.5 Å². The van der Waals surface area contributed by atoms with Gasteiger partial charge >= 0.3 is 0 Å². The molecule has 4 rings (SSSR count). The average Bonchev–Trinajstić information content (AvgIpc) is 3.22. The van der Waals surface area contributed by atoms with Crippen LogP contribution in [0.1, 0.15) is 16.9 Å². The summed E-state index contributed by atoms with van der Waals surface area (Å²) in [5.41, 5.74) is 2.23. The van der Waals surface area contributed by atoms with Crippen LogP contribution >= 0.6 is 24.0 Å². The minimum Gasteiger partial charge on any atom is -0.489 e. The number of rotatable bonds is 7. The highest BCUT2D eigenvalue weighted by molar-refractivity contribution is 6.30. The molecule has 0 bridgehead atoms. The van der Waals surface area contributed by atoms with Crippen LogP contribution in [0.3, 0.4) is 0 Å². The molecule has 0 aliphatic rings. The van der Waals surface area contributed by atoms with Crippen LogP contribution in [0.4, 0.5) is 0 Å². The monoisotopic (exact) mass is 413 g/mol. The molecule has 0 saturated heterocycles. The predicted molar refractivity (Wildman–Crippen MR) is 116 cm³/mol. The van der Waals surface area contributed by atoms with Gasteiger partial charge in [0, 0.05) is 17.1 Å². The van der Waals surface area contributed by atoms with Crippen molar-refractivity contribution in [1.82, 2.24) is 5.32 Å². The minimum atomic E-state index is 0. The molecule has 1 N–H and O–H groups in total. The fourth-order valence-corrected chi connectivity index (χ4v) is 3.23. The van der Waals surface area contributed by atoms with E-state index in [1.165, 1.54) is 10.8 Å². The van der Waals surface area contributed by atoms with Crippen LogP contribution in [-0.4, -0.2) is 0 Å². The predicted octanol–water partition coefficient (Wildman–Crippen LogP) is 6.38. The number of furan rings is 1. The normalized spacial score (nSPS) is 10.6. The van der Waals surface area contributed by atoms with Crippen molar-refractivity contribution in [2.75, 3.05) is 0 Å². The van der Waals surface area contributed by atoms with E-state index in [2.05, 4.69) is 35.6 Å². The molecular weight excluding hydrogens is 393 g/mol. The van der Waals surface area contributed by atoms with E-state index in [4.69, 9.17) is 20.8 Å². The van der Waals surface area contributed by atoms with E-state index >= 15 is 0 Å². The standard InChI is InChI=1S/C23H20ClNO2.ClH/c24-19-10-7-17(8-11-19)16-27-23-12-9-18-4-1-2-6-21(18)22(23)15-25-14-20-5-3-13-26-20;/h1-13,25H,14-16H2;1H. The number of hydrogen-bond donors (Lipinski definition) is 1. The van der Waals surface area contributed by atoms with Crippen molar-refractivity contribution in [2.24, 2.45) is 0 Å². The Morgan fingerprint density at radius 2 is 1.68 bits per heavy atom. The van der Waals surface area contributed by atoms with Crippen LogP contribution in [0.5, 0.6) is 5.75 Å². The van der Waals surface area contributed by atoms with Gasteiger partial charge in [-0.25, -0.2) is 0 Å². The maximum absolute atomic E-state index is 6.15. The summed E-state index contributed by atoms with van der Waals surface area (Å²) in [6, 6.07) is 24.1. The van der Waals surface area contributed by atoms with E-state index in [0.29, 0.717) is 19.7 Å². The Morgan fingerprint density at radius 1 is 0.857 bits per heavy atom. The Bertz CT molecular complexity index is 1010. The number of halogens is 2. The van der Waals surface area contributed by atoms with E-state index in [1.54, 1.807) is 6.26 Å². The zero-order valence-corrected chi connectivity index (χ0v) is 16.8. The molecular formula is C23H21Cl2NO2. The van der Waals surface area contributed by atoms with E-state index in [1.807, 2.05) is 42.5 Å². The van der Waals surface area contributed by atoms with Gasteiger partial charge in [0.05, 0.1) is 12.8 Å². The van der Waals surface area contributed by atoms with Gasteiger partial charge in [0.25, 0.3) is 0 Å². The summed E-state index contributed by atoms with van der Waals surface area (Å²) in [5, 5.41) is 6.57. The Labute approximate surface area is 175 Å². The molecule has 0 aliphatic carbocycles. The van der Waals surface area contributed by atoms with E-state index in [0.717, 1.165) is 27.7 Å². The quantitative estimate of drug-likeness (QED) is 0.381. The second-order valence-corrected chi connectivity index (χ2v) is 6.80. The lowest BCUT2D eigenvalue weighted by atomic mass is 10.0. The fraction of sp³-hybridized carbons (Fsp3) is 0.130. The molecule has 4 aromatic rings. The molecule has 3 nitrogen and oxygen atoms in total. The average molecular weight is 414 g/mol. The van der Waals surface area contributed by atoms with Gasteiger partial charge in [-0.3, -0.25) is 0 Å². The third kappa shape index (κ3) is 4.87. The van der Waals surface area contributed by atoms with Crippen molar-refractivity contribution in [3.05, 3.63) is 101 Å². The molecule has 5 heteroatoms. The molecule has 0 atom stereocenters. The van der Waals surface area contributed by atoms with Gasteiger partial charge in [-0.1, -0.05) is 54.1 Å². The smallest absolute Gasteiger partial charge is 0.124 e. The number of hydrogen-bond acceptors (Lipinski definition) is 3. The molecule has 0 saturated carbocycles. The first-order valence-corrected chi connectivity index (χ1v) is 9.28. The molecule has 0 unspecified atom stereocenters. The Balaban J connectivity index is 0.00000225. The minimum absolute atomic E-state index is 0. The van der Waals surface area contributed by atoms with Crippen molar-refractivity contribution in [3.8, 4) is 5.75 Å². The fourth-order valence-electron chi connectivity index (χ4n) is 3.10. The molecule has 3 aromatic carbocycles. The molecule has 0 radical (unpaired) electrons. The molecule has 28 heavy (non-hydrogen) atoms. The highest BCUT2D eigenvalue weighted by atomic mass is 35.5. The van der Waals surface area contributed by atoms with Gasteiger partial charge in [-0.2, -0.15) is 0 Å². The lowest BCUT2D eigenvalue weighted by Crippen LogP contribution is -2.13. The molecule has 0 fully saturated rings. The molecule has 0 amide bonds. The van der Waals surface area contributed by atoms with E-state index in [9.17, 15) is 0 Å². The molecule has 1 aromatic heterocycles. The van der Waals surface area contributed by atoms with Crippen LogP contribution in [-0.2, 0) is 19.7 Å². The van der Waals surface area contributed by atoms with Crippen LogP contribution in [0.15, 0.2) is 83.5 Å². The van der Waals surface area contributed by atoms with Gasteiger partial charge in [0.15, 0.2) is 0 Å². The number of fused-ring (bicyclic) bond motifs is 1. The Kier molecular flexibility index (Phi) is 6.99. The molecule has 1 heterocycles. The first-order chi connectivity index (χ1) is 13.3. The maximum atomic E-state index is 6.15. The number of benzene rings is 3. The van der Waals surface area contributed by atoms with Crippen LogP contribution in [0.2, 0.25) is 5.02 Å². The largest absolute Gasteiger partial charge is 0.489 e. The summed E-state index contributed by atoms with van der Waals surface area (Å²) in [7, 11) is 0. The summed E-state index contributed by atoms with van der Waals surface area (Å²) >= 11 is 5.96. The Morgan fingerprint density at radius 3 is 2.46 bits per heavy atom. The number of nitrogens with one attached hydrogen (secondary N) is 1. The topological polar surface area (TPSA) is 34.4 Å². The number of ether oxygens (including phenoxy) is 1. The van der Waals surface area contributed by atoms with Crippen LogP contribution in [0.25, 0.3) is 10.8 Å². The summed E-state index contributed by atoms with van der Waals surface area (Å²) in [6.45, 7) is 1.87. The van der Waals surface area contributed by atoms with E-state index < -0.39 is 0 Å². The molecule has 0 spiro atoms. The summed E-state index contributed by atoms with van der Waals surface area (Å²) in [6.07, 6.45) is 1.69. The first-order valence-electron chi connectivity index (χ1n) is 8.90. The van der Waals surface area contributed by atoms with E-state index in [-0.39, 0.29) is 12.4 Å². The van der Waals surface area contributed by atoms with Crippen molar-refractivity contribution < 1.29 is 9.15 Å². The zero-order valence-electron chi connectivity index (χ0n) is 15.2. The maximum Gasteiger partial charge on any atom is 0.124 e. The molecule has 0 aliphatic heterocycles. The SMILES string of the molecule is Cl.Clc1ccc(COc2ccc3ccccc3c2CNCc2ccco2)cc1. The van der Waals surface area contributed by atoms with Gasteiger partial charge in [-0.05, 0) is 46.7 Å². The van der Waals surface area contributed by atoms with Crippen LogP contribution in [0, 0.1) is 0 Å². The second-order valence-electron chi connectivity index (χ2n) is 6.36. The van der Waals surface area contributed by atoms with Gasteiger partial charge in [0.1, 0.15) is 18.1 Å². The highest BCUT2D eigenvalue weighted by Crippen LogP contribution is 2.29. The third-order valence-electron chi connectivity index (χ3n) is 4.49. The van der Waals surface area contributed by atoms with Crippen LogP contribution < -0.4 is 10.1 Å². The molecule has 144 valence electrons. The third-order valence-corrected chi connectivity index (χ3v) is 4.74. The van der Waals surface area contributed by atoms with Crippen molar-refractivity contribution in [3.63, 3.8) is 0 Å². The second kappa shape index (κ2) is 9.65. The summed E-state index contributed by atoms with van der Waals surface area (Å²) in [5.74, 6) is 1.80.